The third-order valence-electron chi connectivity index (χ3n) is 3.45. The molecule has 3 heteroatoms. The van der Waals surface area contributed by atoms with Gasteiger partial charge in [-0.2, -0.15) is 0 Å². The zero-order valence-corrected chi connectivity index (χ0v) is 12.9. The molecule has 0 aromatic heterocycles. The molecule has 0 bridgehead atoms. The van der Waals surface area contributed by atoms with Crippen LogP contribution in [0.2, 0.25) is 0 Å². The van der Waals surface area contributed by atoms with Crippen molar-refractivity contribution in [3.63, 3.8) is 0 Å². The average molecular weight is 285 g/mol. The summed E-state index contributed by atoms with van der Waals surface area (Å²) in [6.45, 7) is 5.64. The molecule has 0 aliphatic heterocycles. The Morgan fingerprint density at radius 3 is 2.43 bits per heavy atom. The first-order valence-electron chi connectivity index (χ1n) is 7.32. The standard InChI is InChI=1S/C18H23NO2/c1-4-21-16-11-9-15(10-12-16)13-19-14(2)17-7-5-6-8-18(17)20-3/h5-12,14,19H,4,13H2,1-3H3/t14-/m0/s1. The van der Waals surface area contributed by atoms with E-state index in [2.05, 4.69) is 30.4 Å². The van der Waals surface area contributed by atoms with E-state index >= 15 is 0 Å². The third-order valence-corrected chi connectivity index (χ3v) is 3.45. The van der Waals surface area contributed by atoms with Crippen LogP contribution in [-0.4, -0.2) is 13.7 Å². The lowest BCUT2D eigenvalue weighted by atomic mass is 10.1. The van der Waals surface area contributed by atoms with E-state index in [4.69, 9.17) is 9.47 Å². The lowest BCUT2D eigenvalue weighted by molar-refractivity contribution is 0.340. The first-order valence-corrected chi connectivity index (χ1v) is 7.32. The van der Waals surface area contributed by atoms with Crippen LogP contribution >= 0.6 is 0 Å². The summed E-state index contributed by atoms with van der Waals surface area (Å²) in [6, 6.07) is 16.5. The third kappa shape index (κ3) is 4.23. The van der Waals surface area contributed by atoms with E-state index in [9.17, 15) is 0 Å². The predicted octanol–water partition coefficient (Wildman–Crippen LogP) is 3.94. The first kappa shape index (κ1) is 15.4. The zero-order chi connectivity index (χ0) is 15.1. The topological polar surface area (TPSA) is 30.5 Å². The molecule has 0 fully saturated rings. The molecule has 2 aromatic rings. The van der Waals surface area contributed by atoms with Gasteiger partial charge < -0.3 is 14.8 Å². The molecule has 0 heterocycles. The number of rotatable bonds is 7. The molecule has 0 aliphatic rings. The number of para-hydroxylation sites is 1. The highest BCUT2D eigenvalue weighted by atomic mass is 16.5. The van der Waals surface area contributed by atoms with Crippen LogP contribution in [0.4, 0.5) is 0 Å². The quantitative estimate of drug-likeness (QED) is 0.835. The van der Waals surface area contributed by atoms with Gasteiger partial charge in [-0.1, -0.05) is 30.3 Å². The molecule has 3 nitrogen and oxygen atoms in total. The summed E-state index contributed by atoms with van der Waals surface area (Å²) in [4.78, 5) is 0. The molecule has 0 unspecified atom stereocenters. The Morgan fingerprint density at radius 2 is 1.76 bits per heavy atom. The molecule has 0 saturated carbocycles. The van der Waals surface area contributed by atoms with Crippen molar-refractivity contribution in [1.82, 2.24) is 5.32 Å². The van der Waals surface area contributed by atoms with E-state index < -0.39 is 0 Å². The maximum absolute atomic E-state index is 5.45. The molecule has 1 atom stereocenters. The van der Waals surface area contributed by atoms with Gasteiger partial charge in [0.25, 0.3) is 0 Å². The van der Waals surface area contributed by atoms with E-state index in [1.54, 1.807) is 7.11 Å². The number of hydrogen-bond donors (Lipinski definition) is 1. The van der Waals surface area contributed by atoms with Gasteiger partial charge in [0.2, 0.25) is 0 Å². The van der Waals surface area contributed by atoms with Gasteiger partial charge in [0.15, 0.2) is 0 Å². The fraction of sp³-hybridized carbons (Fsp3) is 0.333. The number of benzene rings is 2. The monoisotopic (exact) mass is 285 g/mol. The maximum atomic E-state index is 5.45. The summed E-state index contributed by atoms with van der Waals surface area (Å²) < 4.78 is 10.9. The zero-order valence-electron chi connectivity index (χ0n) is 12.9. The fourth-order valence-corrected chi connectivity index (χ4v) is 2.28. The highest BCUT2D eigenvalue weighted by Gasteiger charge is 2.09. The van der Waals surface area contributed by atoms with Crippen molar-refractivity contribution < 1.29 is 9.47 Å². The van der Waals surface area contributed by atoms with Crippen LogP contribution in [0.25, 0.3) is 0 Å². The first-order chi connectivity index (χ1) is 10.2. The smallest absolute Gasteiger partial charge is 0.123 e. The maximum Gasteiger partial charge on any atom is 0.123 e. The molecule has 0 spiro atoms. The Bertz CT molecular complexity index is 551. The minimum atomic E-state index is 0.229. The molecule has 112 valence electrons. The highest BCUT2D eigenvalue weighted by molar-refractivity contribution is 5.35. The van der Waals surface area contributed by atoms with Crippen LogP contribution in [-0.2, 0) is 6.54 Å². The van der Waals surface area contributed by atoms with Gasteiger partial charge in [0.05, 0.1) is 13.7 Å². The van der Waals surface area contributed by atoms with Gasteiger partial charge in [-0.3, -0.25) is 0 Å². The lowest BCUT2D eigenvalue weighted by Crippen LogP contribution is -2.18. The molecule has 0 amide bonds. The second-order valence-corrected chi connectivity index (χ2v) is 4.92. The van der Waals surface area contributed by atoms with Crippen molar-refractivity contribution >= 4 is 0 Å². The summed E-state index contributed by atoms with van der Waals surface area (Å²) in [5.74, 6) is 1.84. The minimum absolute atomic E-state index is 0.229. The van der Waals surface area contributed by atoms with E-state index in [0.29, 0.717) is 6.61 Å². The Balaban J connectivity index is 1.95. The summed E-state index contributed by atoms with van der Waals surface area (Å²) in [5.41, 5.74) is 2.41. The van der Waals surface area contributed by atoms with Crippen LogP contribution in [0.15, 0.2) is 48.5 Å². The van der Waals surface area contributed by atoms with Crippen molar-refractivity contribution in [3.05, 3.63) is 59.7 Å². The van der Waals surface area contributed by atoms with Gasteiger partial charge in [0, 0.05) is 18.2 Å². The second-order valence-electron chi connectivity index (χ2n) is 4.92. The van der Waals surface area contributed by atoms with E-state index in [0.717, 1.165) is 18.0 Å². The van der Waals surface area contributed by atoms with Gasteiger partial charge in [-0.05, 0) is 37.6 Å². The molecule has 2 rings (SSSR count). The molecule has 2 aromatic carbocycles. The number of hydrogen-bond acceptors (Lipinski definition) is 3. The summed E-state index contributed by atoms with van der Waals surface area (Å²) in [6.07, 6.45) is 0. The summed E-state index contributed by atoms with van der Waals surface area (Å²) >= 11 is 0. The van der Waals surface area contributed by atoms with Crippen LogP contribution in [0.5, 0.6) is 11.5 Å². The van der Waals surface area contributed by atoms with Crippen LogP contribution in [0, 0.1) is 0 Å². The number of nitrogens with one attached hydrogen (secondary N) is 1. The number of methoxy groups -OCH3 is 1. The van der Waals surface area contributed by atoms with E-state index in [-0.39, 0.29) is 6.04 Å². The Morgan fingerprint density at radius 1 is 1.05 bits per heavy atom. The molecule has 0 saturated heterocycles. The van der Waals surface area contributed by atoms with E-state index in [1.807, 2.05) is 37.3 Å². The average Bonchev–Trinajstić information content (AvgIpc) is 2.54. The second kappa shape index (κ2) is 7.70. The Hall–Kier alpha value is -2.00. The van der Waals surface area contributed by atoms with Crippen LogP contribution in [0.1, 0.15) is 31.0 Å². The summed E-state index contributed by atoms with van der Waals surface area (Å²) in [7, 11) is 1.71. The van der Waals surface area contributed by atoms with Gasteiger partial charge in [-0.15, -0.1) is 0 Å². The molecule has 0 radical (unpaired) electrons. The van der Waals surface area contributed by atoms with Crippen molar-refractivity contribution in [2.75, 3.05) is 13.7 Å². The minimum Gasteiger partial charge on any atom is -0.496 e. The highest BCUT2D eigenvalue weighted by Crippen LogP contribution is 2.24. The van der Waals surface area contributed by atoms with Crippen LogP contribution < -0.4 is 14.8 Å². The van der Waals surface area contributed by atoms with Crippen molar-refractivity contribution in [2.24, 2.45) is 0 Å². The molecule has 1 N–H and O–H groups in total. The van der Waals surface area contributed by atoms with Crippen molar-refractivity contribution in [2.45, 2.75) is 26.4 Å². The largest absolute Gasteiger partial charge is 0.496 e. The fourth-order valence-electron chi connectivity index (χ4n) is 2.28. The molecule has 21 heavy (non-hydrogen) atoms. The molecule has 0 aliphatic carbocycles. The Labute approximate surface area is 126 Å². The van der Waals surface area contributed by atoms with Gasteiger partial charge in [-0.25, -0.2) is 0 Å². The Kier molecular flexibility index (Phi) is 5.64. The predicted molar refractivity (Wildman–Crippen MR) is 85.9 cm³/mol. The van der Waals surface area contributed by atoms with E-state index in [1.165, 1.54) is 11.1 Å². The van der Waals surface area contributed by atoms with Crippen molar-refractivity contribution in [3.8, 4) is 11.5 Å². The van der Waals surface area contributed by atoms with Crippen molar-refractivity contribution in [1.29, 1.82) is 0 Å². The molecular formula is C18H23NO2. The SMILES string of the molecule is CCOc1ccc(CN[C@@H](C)c2ccccc2OC)cc1. The number of ether oxygens (including phenoxy) is 2. The van der Waals surface area contributed by atoms with Crippen LogP contribution in [0.3, 0.4) is 0 Å². The molecular weight excluding hydrogens is 262 g/mol. The van der Waals surface area contributed by atoms with Gasteiger partial charge >= 0.3 is 0 Å². The van der Waals surface area contributed by atoms with Gasteiger partial charge in [0.1, 0.15) is 11.5 Å². The normalized spacial score (nSPS) is 12.0. The lowest BCUT2D eigenvalue weighted by Gasteiger charge is -2.17. The summed E-state index contributed by atoms with van der Waals surface area (Å²) in [5, 5.41) is 3.52.